The summed E-state index contributed by atoms with van der Waals surface area (Å²) < 4.78 is 5.41. The first kappa shape index (κ1) is 6.99. The Morgan fingerprint density at radius 2 is 2.36 bits per heavy atom. The summed E-state index contributed by atoms with van der Waals surface area (Å²) in [6.07, 6.45) is 0. The lowest BCUT2D eigenvalue weighted by Crippen LogP contribution is -1.93. The van der Waals surface area contributed by atoms with Crippen LogP contribution in [0.3, 0.4) is 0 Å². The van der Waals surface area contributed by atoms with Crippen LogP contribution in [-0.2, 0) is 0 Å². The molecule has 0 saturated carbocycles. The van der Waals surface area contributed by atoms with Crippen molar-refractivity contribution in [3.63, 3.8) is 0 Å². The molecule has 0 fully saturated rings. The van der Waals surface area contributed by atoms with Gasteiger partial charge in [-0.25, -0.2) is 0 Å². The SMILES string of the molecule is CC1COc2cc(Cl)ccc21. The highest BCUT2D eigenvalue weighted by molar-refractivity contribution is 6.30. The molecule has 0 aromatic heterocycles. The van der Waals surface area contributed by atoms with Gasteiger partial charge < -0.3 is 4.74 Å². The summed E-state index contributed by atoms with van der Waals surface area (Å²) >= 11 is 5.79. The van der Waals surface area contributed by atoms with Crippen LogP contribution in [0.4, 0.5) is 0 Å². The van der Waals surface area contributed by atoms with Crippen LogP contribution in [0.25, 0.3) is 0 Å². The molecule has 0 N–H and O–H groups in total. The van der Waals surface area contributed by atoms with Crippen molar-refractivity contribution < 1.29 is 4.74 Å². The fourth-order valence-electron chi connectivity index (χ4n) is 1.34. The maximum Gasteiger partial charge on any atom is 0.124 e. The van der Waals surface area contributed by atoms with Crippen LogP contribution in [0.2, 0.25) is 5.02 Å². The van der Waals surface area contributed by atoms with Crippen molar-refractivity contribution in [2.24, 2.45) is 0 Å². The zero-order valence-electron chi connectivity index (χ0n) is 6.30. The van der Waals surface area contributed by atoms with Gasteiger partial charge in [0.05, 0.1) is 6.61 Å². The first-order valence-corrected chi connectivity index (χ1v) is 4.07. The van der Waals surface area contributed by atoms with Gasteiger partial charge in [0, 0.05) is 16.5 Å². The lowest BCUT2D eigenvalue weighted by Gasteiger charge is -1.98. The number of halogens is 1. The number of benzene rings is 1. The van der Waals surface area contributed by atoms with Crippen molar-refractivity contribution in [3.05, 3.63) is 28.8 Å². The van der Waals surface area contributed by atoms with Gasteiger partial charge in [0.1, 0.15) is 5.75 Å². The number of hydrogen-bond donors (Lipinski definition) is 0. The normalized spacial score (nSPS) is 21.1. The molecule has 1 aliphatic rings. The molecule has 1 atom stereocenters. The molecule has 1 aliphatic heterocycles. The molecule has 0 saturated heterocycles. The average Bonchev–Trinajstić information content (AvgIpc) is 2.32. The number of ether oxygens (including phenoxy) is 1. The topological polar surface area (TPSA) is 9.23 Å². The lowest BCUT2D eigenvalue weighted by molar-refractivity contribution is 0.337. The van der Waals surface area contributed by atoms with Gasteiger partial charge in [0.15, 0.2) is 0 Å². The summed E-state index contributed by atoms with van der Waals surface area (Å²) in [6.45, 7) is 2.94. The molecule has 58 valence electrons. The highest BCUT2D eigenvalue weighted by Gasteiger charge is 2.19. The maximum atomic E-state index is 5.79. The fourth-order valence-corrected chi connectivity index (χ4v) is 1.51. The fraction of sp³-hybridized carbons (Fsp3) is 0.333. The van der Waals surface area contributed by atoms with Gasteiger partial charge >= 0.3 is 0 Å². The van der Waals surface area contributed by atoms with Gasteiger partial charge in [-0.05, 0) is 12.1 Å². The van der Waals surface area contributed by atoms with Crippen LogP contribution < -0.4 is 4.74 Å². The largest absolute Gasteiger partial charge is 0.493 e. The molecule has 2 heteroatoms. The molecule has 1 unspecified atom stereocenters. The minimum Gasteiger partial charge on any atom is -0.493 e. The Labute approximate surface area is 70.9 Å². The second kappa shape index (κ2) is 2.42. The van der Waals surface area contributed by atoms with E-state index >= 15 is 0 Å². The third-order valence-corrected chi connectivity index (χ3v) is 2.23. The van der Waals surface area contributed by atoms with Crippen LogP contribution >= 0.6 is 11.6 Å². The zero-order valence-corrected chi connectivity index (χ0v) is 7.06. The van der Waals surface area contributed by atoms with Crippen LogP contribution in [-0.4, -0.2) is 6.61 Å². The molecule has 1 aromatic rings. The smallest absolute Gasteiger partial charge is 0.124 e. The van der Waals surface area contributed by atoms with E-state index in [2.05, 4.69) is 6.92 Å². The van der Waals surface area contributed by atoms with Crippen molar-refractivity contribution in [1.82, 2.24) is 0 Å². The summed E-state index contributed by atoms with van der Waals surface area (Å²) in [7, 11) is 0. The lowest BCUT2D eigenvalue weighted by atomic mass is 10.0. The van der Waals surface area contributed by atoms with E-state index in [0.717, 1.165) is 17.4 Å². The predicted molar refractivity (Wildman–Crippen MR) is 45.4 cm³/mol. The zero-order chi connectivity index (χ0) is 7.84. The van der Waals surface area contributed by atoms with Crippen molar-refractivity contribution in [3.8, 4) is 5.75 Å². The van der Waals surface area contributed by atoms with Crippen molar-refractivity contribution in [2.45, 2.75) is 12.8 Å². The Morgan fingerprint density at radius 1 is 1.55 bits per heavy atom. The Morgan fingerprint density at radius 3 is 3.18 bits per heavy atom. The van der Waals surface area contributed by atoms with E-state index in [1.165, 1.54) is 5.56 Å². The van der Waals surface area contributed by atoms with Gasteiger partial charge in [-0.1, -0.05) is 24.6 Å². The Bertz CT molecular complexity index is 283. The maximum absolute atomic E-state index is 5.79. The van der Waals surface area contributed by atoms with Crippen molar-refractivity contribution in [2.75, 3.05) is 6.61 Å². The van der Waals surface area contributed by atoms with Gasteiger partial charge in [-0.2, -0.15) is 0 Å². The molecule has 0 aliphatic carbocycles. The second-order valence-corrected chi connectivity index (χ2v) is 3.33. The molecule has 0 radical (unpaired) electrons. The van der Waals surface area contributed by atoms with Gasteiger partial charge in [-0.15, -0.1) is 0 Å². The van der Waals surface area contributed by atoms with Gasteiger partial charge in [0.25, 0.3) is 0 Å². The highest BCUT2D eigenvalue weighted by atomic mass is 35.5. The average molecular weight is 169 g/mol. The molecule has 1 heterocycles. The van der Waals surface area contributed by atoms with Crippen molar-refractivity contribution in [1.29, 1.82) is 0 Å². The van der Waals surface area contributed by atoms with E-state index in [1.54, 1.807) is 0 Å². The minimum absolute atomic E-state index is 0.516. The summed E-state index contributed by atoms with van der Waals surface area (Å²) in [5.41, 5.74) is 1.27. The second-order valence-electron chi connectivity index (χ2n) is 2.89. The number of rotatable bonds is 0. The molecule has 11 heavy (non-hydrogen) atoms. The Kier molecular flexibility index (Phi) is 1.53. The van der Waals surface area contributed by atoms with Crippen LogP contribution in [0, 0.1) is 0 Å². The summed E-state index contributed by atoms with van der Waals surface area (Å²) in [6, 6.07) is 5.82. The highest BCUT2D eigenvalue weighted by Crippen LogP contribution is 2.34. The quantitative estimate of drug-likeness (QED) is 0.579. The Hall–Kier alpha value is -0.690. The van der Waals surface area contributed by atoms with E-state index in [4.69, 9.17) is 16.3 Å². The molecule has 0 amide bonds. The Balaban J connectivity index is 2.50. The molecule has 0 bridgehead atoms. The van der Waals surface area contributed by atoms with Crippen LogP contribution in [0.15, 0.2) is 18.2 Å². The summed E-state index contributed by atoms with van der Waals surface area (Å²) in [5.74, 6) is 1.47. The third-order valence-electron chi connectivity index (χ3n) is 2.00. The number of fused-ring (bicyclic) bond motifs is 1. The molecule has 0 spiro atoms. The van der Waals surface area contributed by atoms with E-state index in [1.807, 2.05) is 18.2 Å². The van der Waals surface area contributed by atoms with Crippen LogP contribution in [0.5, 0.6) is 5.75 Å². The summed E-state index contributed by atoms with van der Waals surface area (Å²) in [5, 5.41) is 0.748. The third kappa shape index (κ3) is 1.10. The minimum atomic E-state index is 0.516. The van der Waals surface area contributed by atoms with Gasteiger partial charge in [0.2, 0.25) is 0 Å². The standard InChI is InChI=1S/C9H9ClO/c1-6-5-11-9-4-7(10)2-3-8(6)9/h2-4,6H,5H2,1H3. The molecule has 1 nitrogen and oxygen atoms in total. The van der Waals surface area contributed by atoms with E-state index in [-0.39, 0.29) is 0 Å². The van der Waals surface area contributed by atoms with E-state index < -0.39 is 0 Å². The molecule has 2 rings (SSSR count). The van der Waals surface area contributed by atoms with Crippen molar-refractivity contribution >= 4 is 11.6 Å². The molecule has 1 aromatic carbocycles. The monoisotopic (exact) mass is 168 g/mol. The number of hydrogen-bond acceptors (Lipinski definition) is 1. The predicted octanol–water partition coefficient (Wildman–Crippen LogP) is 2.84. The van der Waals surface area contributed by atoms with E-state index in [9.17, 15) is 0 Å². The van der Waals surface area contributed by atoms with E-state index in [0.29, 0.717) is 5.92 Å². The van der Waals surface area contributed by atoms with Crippen LogP contribution in [0.1, 0.15) is 18.4 Å². The summed E-state index contributed by atoms with van der Waals surface area (Å²) in [4.78, 5) is 0. The first-order chi connectivity index (χ1) is 5.27. The first-order valence-electron chi connectivity index (χ1n) is 3.69. The molecular formula is C9H9ClO. The molecular weight excluding hydrogens is 160 g/mol. The van der Waals surface area contributed by atoms with Gasteiger partial charge in [-0.3, -0.25) is 0 Å².